The van der Waals surface area contributed by atoms with Crippen LogP contribution in [0.5, 0.6) is 0 Å². The Morgan fingerprint density at radius 3 is 1.31 bits per heavy atom. The van der Waals surface area contributed by atoms with E-state index in [9.17, 15) is 19.4 Å². The summed E-state index contributed by atoms with van der Waals surface area (Å²) in [5.74, 6) is -0.190. The van der Waals surface area contributed by atoms with E-state index in [0.717, 1.165) is 38.5 Å². The van der Waals surface area contributed by atoms with Gasteiger partial charge in [0.15, 0.2) is 0 Å². The molecule has 0 aromatic heterocycles. The van der Waals surface area contributed by atoms with Gasteiger partial charge in [0.05, 0.1) is 25.4 Å². The topological polar surface area (TPSA) is 131 Å². The molecule has 0 bridgehead atoms. The van der Waals surface area contributed by atoms with Crippen LogP contribution in [0.4, 0.5) is 0 Å². The second kappa shape index (κ2) is 41.9. The summed E-state index contributed by atoms with van der Waals surface area (Å²) in [5.41, 5.74) is 5.37. The van der Waals surface area contributed by atoms with Gasteiger partial charge >= 0.3 is 7.82 Å². The van der Waals surface area contributed by atoms with Crippen LogP contribution in [-0.4, -0.2) is 47.8 Å². The molecule has 54 heavy (non-hydrogen) atoms. The van der Waals surface area contributed by atoms with E-state index in [4.69, 9.17) is 14.8 Å². The second-order valence-corrected chi connectivity index (χ2v) is 17.4. The van der Waals surface area contributed by atoms with E-state index in [0.29, 0.717) is 6.42 Å². The number of phosphoric acid groups is 1. The molecule has 0 spiro atoms. The second-order valence-electron chi connectivity index (χ2n) is 16.0. The molecule has 8 nitrogen and oxygen atoms in total. The molecule has 9 heteroatoms. The Hall–Kier alpha value is -0.760. The minimum Gasteiger partial charge on any atom is -0.387 e. The quantitative estimate of drug-likeness (QED) is 0.0275. The van der Waals surface area contributed by atoms with Crippen molar-refractivity contribution in [1.29, 1.82) is 0 Å². The first-order chi connectivity index (χ1) is 26.4. The summed E-state index contributed by atoms with van der Waals surface area (Å²) in [6.07, 6.45) is 47.0. The molecule has 0 aliphatic carbocycles. The van der Waals surface area contributed by atoms with Gasteiger partial charge in [-0.1, -0.05) is 225 Å². The highest BCUT2D eigenvalue weighted by Gasteiger charge is 2.26. The number of hydrogen-bond donors (Lipinski definition) is 4. The van der Waals surface area contributed by atoms with Crippen LogP contribution in [0, 0.1) is 0 Å². The molecule has 0 aliphatic heterocycles. The molecule has 322 valence electrons. The first-order valence-corrected chi connectivity index (χ1v) is 24.8. The van der Waals surface area contributed by atoms with Gasteiger partial charge in [0.1, 0.15) is 0 Å². The third-order valence-electron chi connectivity index (χ3n) is 10.6. The molecule has 5 N–H and O–H groups in total. The summed E-state index contributed by atoms with van der Waals surface area (Å²) >= 11 is 0. The average Bonchev–Trinajstić information content (AvgIpc) is 3.16. The fourth-order valence-electron chi connectivity index (χ4n) is 7.07. The predicted octanol–water partition coefficient (Wildman–Crippen LogP) is 13.2. The lowest BCUT2D eigenvalue weighted by molar-refractivity contribution is -0.123. The molecule has 0 aromatic carbocycles. The van der Waals surface area contributed by atoms with Crippen molar-refractivity contribution < 1.29 is 28.4 Å². The maximum atomic E-state index is 12.8. The van der Waals surface area contributed by atoms with E-state index in [2.05, 4.69) is 19.2 Å². The van der Waals surface area contributed by atoms with Crippen molar-refractivity contribution in [2.45, 2.75) is 251 Å². The van der Waals surface area contributed by atoms with E-state index < -0.39 is 20.0 Å². The number of amides is 1. The van der Waals surface area contributed by atoms with Crippen LogP contribution < -0.4 is 11.1 Å². The Morgan fingerprint density at radius 1 is 0.593 bits per heavy atom. The Labute approximate surface area is 335 Å². The monoisotopic (exact) mass is 787 g/mol. The zero-order valence-electron chi connectivity index (χ0n) is 35.7. The molecule has 0 heterocycles. The van der Waals surface area contributed by atoms with E-state index in [-0.39, 0.29) is 25.7 Å². The van der Waals surface area contributed by atoms with Gasteiger partial charge in [-0.05, 0) is 19.3 Å². The molecule has 0 aromatic rings. The van der Waals surface area contributed by atoms with Crippen molar-refractivity contribution in [3.05, 3.63) is 12.2 Å². The van der Waals surface area contributed by atoms with Crippen LogP contribution in [-0.2, 0) is 18.4 Å². The van der Waals surface area contributed by atoms with Crippen LogP contribution in [0.15, 0.2) is 12.2 Å². The average molecular weight is 787 g/mol. The number of nitrogens with one attached hydrogen (secondary N) is 1. The Balaban J connectivity index is 4.02. The van der Waals surface area contributed by atoms with Crippen LogP contribution in [0.25, 0.3) is 0 Å². The standard InChI is InChI=1S/C45H91N2O6P/c1-3-5-7-9-11-13-15-17-18-19-20-21-22-23-24-25-26-27-29-31-33-35-37-39-45(49)47-43(42-53-54(50,51)52-41-40-46)44(48)38-36-34-32-30-28-16-14-12-10-8-6-4-2/h36,38,43-44,48H,3-35,37,39-42,46H2,1-2H3,(H,47,49)(H,50,51)/b38-36+/t43-,44+/m0/s1. The molecular weight excluding hydrogens is 695 g/mol. The summed E-state index contributed by atoms with van der Waals surface area (Å²) in [5, 5.41) is 13.7. The number of carbonyl (C=O) groups excluding carboxylic acids is 1. The lowest BCUT2D eigenvalue weighted by atomic mass is 10.0. The fourth-order valence-corrected chi connectivity index (χ4v) is 7.83. The van der Waals surface area contributed by atoms with E-state index >= 15 is 0 Å². The zero-order valence-corrected chi connectivity index (χ0v) is 36.6. The number of hydrogen-bond acceptors (Lipinski definition) is 6. The highest BCUT2D eigenvalue weighted by Crippen LogP contribution is 2.43. The number of allylic oxidation sites excluding steroid dienone is 1. The van der Waals surface area contributed by atoms with Crippen LogP contribution in [0.1, 0.15) is 239 Å². The van der Waals surface area contributed by atoms with Crippen molar-refractivity contribution in [1.82, 2.24) is 5.32 Å². The normalized spacial score (nSPS) is 14.1. The molecular formula is C45H91N2O6P. The molecule has 0 saturated heterocycles. The number of phosphoric ester groups is 1. The SMILES string of the molecule is CCCCCCCCCCCC/C=C/[C@@H](O)[C@H](COP(=O)(O)OCCN)NC(=O)CCCCCCCCCCCCCCCCCCCCCCCCC. The molecule has 0 radical (unpaired) electrons. The van der Waals surface area contributed by atoms with E-state index in [1.807, 2.05) is 6.08 Å². The summed E-state index contributed by atoms with van der Waals surface area (Å²) in [7, 11) is -4.33. The van der Waals surface area contributed by atoms with E-state index in [1.54, 1.807) is 6.08 Å². The minimum absolute atomic E-state index is 0.0813. The van der Waals surface area contributed by atoms with Crippen molar-refractivity contribution in [3.63, 3.8) is 0 Å². The fraction of sp³-hybridized carbons (Fsp3) is 0.933. The molecule has 0 fully saturated rings. The van der Waals surface area contributed by atoms with Crippen molar-refractivity contribution in [3.8, 4) is 0 Å². The molecule has 0 rings (SSSR count). The van der Waals surface area contributed by atoms with Gasteiger partial charge in [-0.3, -0.25) is 13.8 Å². The molecule has 1 amide bonds. The Morgan fingerprint density at radius 2 is 0.944 bits per heavy atom. The Kier molecular flexibility index (Phi) is 41.3. The predicted molar refractivity (Wildman–Crippen MR) is 231 cm³/mol. The Bertz CT molecular complexity index is 860. The number of aliphatic hydroxyl groups is 1. The van der Waals surface area contributed by atoms with Crippen molar-refractivity contribution in [2.24, 2.45) is 5.73 Å². The van der Waals surface area contributed by atoms with Gasteiger partial charge in [0.2, 0.25) is 5.91 Å². The summed E-state index contributed by atoms with van der Waals surface area (Å²) in [6.45, 7) is 4.15. The maximum absolute atomic E-state index is 12.8. The molecule has 3 atom stereocenters. The first-order valence-electron chi connectivity index (χ1n) is 23.3. The molecule has 0 aliphatic rings. The first kappa shape index (κ1) is 53.2. The van der Waals surface area contributed by atoms with Crippen LogP contribution in [0.3, 0.4) is 0 Å². The van der Waals surface area contributed by atoms with E-state index in [1.165, 1.54) is 180 Å². The third-order valence-corrected chi connectivity index (χ3v) is 11.6. The van der Waals surface area contributed by atoms with Gasteiger partial charge in [0.25, 0.3) is 0 Å². The number of nitrogens with two attached hydrogens (primary N) is 1. The minimum atomic E-state index is -4.33. The highest BCUT2D eigenvalue weighted by atomic mass is 31.2. The summed E-state index contributed by atoms with van der Waals surface area (Å²) < 4.78 is 22.1. The molecule has 0 saturated carbocycles. The van der Waals surface area contributed by atoms with Crippen molar-refractivity contribution >= 4 is 13.7 Å². The number of aliphatic hydroxyl groups excluding tert-OH is 1. The number of unbranched alkanes of at least 4 members (excludes halogenated alkanes) is 32. The number of carbonyl (C=O) groups is 1. The highest BCUT2D eigenvalue weighted by molar-refractivity contribution is 7.47. The number of rotatable bonds is 44. The lowest BCUT2D eigenvalue weighted by Crippen LogP contribution is -2.45. The summed E-state index contributed by atoms with van der Waals surface area (Å²) in [4.78, 5) is 22.7. The van der Waals surface area contributed by atoms with Gasteiger partial charge in [-0.15, -0.1) is 0 Å². The van der Waals surface area contributed by atoms with Gasteiger partial charge in [-0.25, -0.2) is 4.57 Å². The maximum Gasteiger partial charge on any atom is 0.472 e. The third kappa shape index (κ3) is 39.5. The van der Waals surface area contributed by atoms with Crippen LogP contribution in [0.2, 0.25) is 0 Å². The molecule has 1 unspecified atom stereocenters. The summed E-state index contributed by atoms with van der Waals surface area (Å²) in [6, 6.07) is -0.854. The largest absolute Gasteiger partial charge is 0.472 e. The van der Waals surface area contributed by atoms with Gasteiger partial charge in [0, 0.05) is 13.0 Å². The smallest absolute Gasteiger partial charge is 0.387 e. The van der Waals surface area contributed by atoms with Gasteiger partial charge in [-0.2, -0.15) is 0 Å². The zero-order chi connectivity index (χ0) is 39.6. The van der Waals surface area contributed by atoms with Crippen LogP contribution >= 0.6 is 7.82 Å². The van der Waals surface area contributed by atoms with Crippen molar-refractivity contribution in [2.75, 3.05) is 19.8 Å². The lowest BCUT2D eigenvalue weighted by Gasteiger charge is -2.23. The van der Waals surface area contributed by atoms with Gasteiger partial charge < -0.3 is 21.1 Å².